The Labute approximate surface area is 102 Å². The molecule has 4 atom stereocenters. The number of hydrogen-bond acceptors (Lipinski definition) is 7. The fourth-order valence-corrected chi connectivity index (χ4v) is 1.99. The highest BCUT2D eigenvalue weighted by atomic mass is 16.6. The van der Waals surface area contributed by atoms with Gasteiger partial charge in [0.05, 0.1) is 6.61 Å². The number of aliphatic hydroxyl groups is 3. The van der Waals surface area contributed by atoms with Crippen molar-refractivity contribution >= 4 is 5.82 Å². The lowest BCUT2D eigenvalue weighted by Crippen LogP contribution is -2.46. The first-order chi connectivity index (χ1) is 8.37. The van der Waals surface area contributed by atoms with E-state index in [4.69, 9.17) is 15.6 Å². The Hall–Kier alpha value is -1.48. The average Bonchev–Trinajstić information content (AvgIpc) is 2.52. The van der Waals surface area contributed by atoms with E-state index < -0.39 is 36.3 Å². The third-order valence-electron chi connectivity index (χ3n) is 3.04. The molecule has 5 N–H and O–H groups in total. The summed E-state index contributed by atoms with van der Waals surface area (Å²) in [5, 5.41) is 29.0. The van der Waals surface area contributed by atoms with Crippen molar-refractivity contribution in [3.63, 3.8) is 0 Å². The van der Waals surface area contributed by atoms with Gasteiger partial charge in [-0.1, -0.05) is 0 Å². The minimum atomic E-state index is -1.71. The molecule has 0 radical (unpaired) electrons. The molecule has 2 heterocycles. The summed E-state index contributed by atoms with van der Waals surface area (Å²) in [6.45, 7) is 0.853. The van der Waals surface area contributed by atoms with Crippen LogP contribution >= 0.6 is 0 Å². The van der Waals surface area contributed by atoms with Crippen LogP contribution in [0.4, 0.5) is 5.82 Å². The number of aromatic nitrogens is 2. The topological polar surface area (TPSA) is 131 Å². The Kier molecular flexibility index (Phi) is 3.11. The number of nitrogens with two attached hydrogens (primary N) is 1. The Bertz CT molecular complexity index is 501. The summed E-state index contributed by atoms with van der Waals surface area (Å²) in [6.07, 6.45) is -2.09. The molecule has 100 valence electrons. The van der Waals surface area contributed by atoms with Gasteiger partial charge in [-0.05, 0) is 13.0 Å². The van der Waals surface area contributed by atoms with Crippen molar-refractivity contribution in [2.75, 3.05) is 12.3 Å². The van der Waals surface area contributed by atoms with Gasteiger partial charge in [0.25, 0.3) is 0 Å². The minimum absolute atomic E-state index is 0.0492. The summed E-state index contributed by atoms with van der Waals surface area (Å²) in [6, 6.07) is 1.37. The van der Waals surface area contributed by atoms with Crippen molar-refractivity contribution in [1.82, 2.24) is 9.55 Å². The van der Waals surface area contributed by atoms with E-state index >= 15 is 0 Å². The van der Waals surface area contributed by atoms with Crippen LogP contribution in [0.5, 0.6) is 0 Å². The van der Waals surface area contributed by atoms with Crippen LogP contribution in [-0.2, 0) is 4.74 Å². The molecule has 1 aliphatic heterocycles. The first-order valence-electron chi connectivity index (χ1n) is 5.39. The van der Waals surface area contributed by atoms with Crippen LogP contribution in [0.2, 0.25) is 0 Å². The van der Waals surface area contributed by atoms with E-state index in [1.807, 2.05) is 0 Å². The quantitative estimate of drug-likeness (QED) is 0.474. The number of rotatable bonds is 2. The van der Waals surface area contributed by atoms with Crippen molar-refractivity contribution in [3.05, 3.63) is 22.7 Å². The van der Waals surface area contributed by atoms with Gasteiger partial charge in [-0.25, -0.2) is 4.79 Å². The lowest BCUT2D eigenvalue weighted by Gasteiger charge is -2.27. The molecule has 2 rings (SSSR count). The number of nitrogens with zero attached hydrogens (tertiary/aromatic N) is 2. The zero-order chi connectivity index (χ0) is 13.5. The highest BCUT2D eigenvalue weighted by Gasteiger charge is 2.53. The number of aliphatic hydroxyl groups excluding tert-OH is 2. The zero-order valence-electron chi connectivity index (χ0n) is 9.72. The van der Waals surface area contributed by atoms with Crippen LogP contribution in [0.15, 0.2) is 17.1 Å². The standard InChI is InChI=1S/C10H15N3O5/c1-10(17)7(15)5(4-14)18-8(10)13-3-2-6(11)12-9(13)16/h2-3,5,7-8,14-15,17H,4H2,1H3,(H2,11,12,16)/t5-,7+,8-,10?/m1/s1. The second kappa shape index (κ2) is 4.32. The van der Waals surface area contributed by atoms with Crippen molar-refractivity contribution in [3.8, 4) is 0 Å². The van der Waals surface area contributed by atoms with Crippen LogP contribution < -0.4 is 11.4 Å². The number of hydrogen-bond donors (Lipinski definition) is 4. The smallest absolute Gasteiger partial charge is 0.351 e. The van der Waals surface area contributed by atoms with E-state index in [-0.39, 0.29) is 5.82 Å². The molecule has 0 bridgehead atoms. The Morgan fingerprint density at radius 1 is 1.67 bits per heavy atom. The molecule has 0 spiro atoms. The van der Waals surface area contributed by atoms with E-state index in [9.17, 15) is 15.0 Å². The largest absolute Gasteiger partial charge is 0.394 e. The van der Waals surface area contributed by atoms with Crippen molar-refractivity contribution in [1.29, 1.82) is 0 Å². The molecule has 0 saturated carbocycles. The van der Waals surface area contributed by atoms with Crippen LogP contribution in [0, 0.1) is 0 Å². The maximum atomic E-state index is 11.7. The Morgan fingerprint density at radius 2 is 2.33 bits per heavy atom. The predicted octanol–water partition coefficient (Wildman–Crippen LogP) is -2.17. The second-order valence-electron chi connectivity index (χ2n) is 4.42. The Morgan fingerprint density at radius 3 is 2.83 bits per heavy atom. The number of ether oxygens (including phenoxy) is 1. The van der Waals surface area contributed by atoms with Gasteiger partial charge >= 0.3 is 5.69 Å². The molecular weight excluding hydrogens is 242 g/mol. The predicted molar refractivity (Wildman–Crippen MR) is 60.5 cm³/mol. The van der Waals surface area contributed by atoms with Crippen LogP contribution in [0.25, 0.3) is 0 Å². The van der Waals surface area contributed by atoms with Gasteiger partial charge in [0.1, 0.15) is 23.6 Å². The lowest BCUT2D eigenvalue weighted by atomic mass is 9.96. The zero-order valence-corrected chi connectivity index (χ0v) is 9.72. The molecule has 1 aromatic rings. The van der Waals surface area contributed by atoms with E-state index in [2.05, 4.69) is 4.98 Å². The SMILES string of the molecule is CC1(O)[C@@H](O)[C@@H](CO)O[C@H]1n1ccc(N)nc1=O. The van der Waals surface area contributed by atoms with Gasteiger partial charge in [-0.3, -0.25) is 4.57 Å². The molecule has 1 aromatic heterocycles. The van der Waals surface area contributed by atoms with Gasteiger partial charge in [-0.2, -0.15) is 4.98 Å². The third-order valence-corrected chi connectivity index (χ3v) is 3.04. The lowest BCUT2D eigenvalue weighted by molar-refractivity contribution is -0.0986. The summed E-state index contributed by atoms with van der Waals surface area (Å²) in [5.41, 5.74) is 2.94. The fourth-order valence-electron chi connectivity index (χ4n) is 1.99. The number of nitrogen functional groups attached to an aromatic ring is 1. The normalized spacial score (nSPS) is 35.9. The minimum Gasteiger partial charge on any atom is -0.394 e. The number of anilines is 1. The maximum absolute atomic E-state index is 11.7. The molecule has 0 amide bonds. The second-order valence-corrected chi connectivity index (χ2v) is 4.42. The summed E-state index contributed by atoms with van der Waals surface area (Å²) in [4.78, 5) is 15.2. The van der Waals surface area contributed by atoms with Gasteiger partial charge in [0, 0.05) is 6.20 Å². The van der Waals surface area contributed by atoms with Gasteiger partial charge < -0.3 is 25.8 Å². The molecular formula is C10H15N3O5. The average molecular weight is 257 g/mol. The van der Waals surface area contributed by atoms with Gasteiger partial charge in [-0.15, -0.1) is 0 Å². The molecule has 1 unspecified atom stereocenters. The van der Waals surface area contributed by atoms with Gasteiger partial charge in [0.2, 0.25) is 0 Å². The molecule has 8 heteroatoms. The third kappa shape index (κ3) is 1.89. The summed E-state index contributed by atoms with van der Waals surface area (Å²) < 4.78 is 6.30. The molecule has 1 fully saturated rings. The highest BCUT2D eigenvalue weighted by Crippen LogP contribution is 2.37. The van der Waals surface area contributed by atoms with Gasteiger partial charge in [0.15, 0.2) is 6.23 Å². The van der Waals surface area contributed by atoms with Crippen LogP contribution in [-0.4, -0.2) is 49.3 Å². The highest BCUT2D eigenvalue weighted by molar-refractivity contribution is 5.23. The van der Waals surface area contributed by atoms with Crippen molar-refractivity contribution in [2.24, 2.45) is 0 Å². The van der Waals surface area contributed by atoms with E-state index in [0.29, 0.717) is 0 Å². The first-order valence-corrected chi connectivity index (χ1v) is 5.39. The molecule has 1 aliphatic rings. The molecule has 0 aliphatic carbocycles. The molecule has 1 saturated heterocycles. The first kappa shape index (κ1) is 13.0. The Balaban J connectivity index is 2.42. The van der Waals surface area contributed by atoms with E-state index in [1.54, 1.807) is 0 Å². The molecule has 8 nitrogen and oxygen atoms in total. The van der Waals surface area contributed by atoms with Crippen LogP contribution in [0.3, 0.4) is 0 Å². The summed E-state index contributed by atoms with van der Waals surface area (Å²) in [7, 11) is 0. The van der Waals surface area contributed by atoms with E-state index in [1.165, 1.54) is 19.2 Å². The van der Waals surface area contributed by atoms with Crippen molar-refractivity contribution in [2.45, 2.75) is 31.0 Å². The maximum Gasteiger partial charge on any atom is 0.351 e. The monoisotopic (exact) mass is 257 g/mol. The van der Waals surface area contributed by atoms with E-state index in [0.717, 1.165) is 4.57 Å². The fraction of sp³-hybridized carbons (Fsp3) is 0.600. The molecule has 0 aromatic carbocycles. The van der Waals surface area contributed by atoms with Crippen molar-refractivity contribution < 1.29 is 20.1 Å². The summed E-state index contributed by atoms with van der Waals surface area (Å²) in [5.74, 6) is 0.0492. The summed E-state index contributed by atoms with van der Waals surface area (Å²) >= 11 is 0. The molecule has 18 heavy (non-hydrogen) atoms. The van der Waals surface area contributed by atoms with Crippen LogP contribution in [0.1, 0.15) is 13.2 Å².